The average Bonchev–Trinajstić information content (AvgIpc) is 3.45. The molecule has 1 heterocycles. The first-order valence-electron chi connectivity index (χ1n) is 12.8. The Balaban J connectivity index is 1.44. The number of carbonyl (C=O) groups excluding carboxylic acids is 2. The van der Waals surface area contributed by atoms with Gasteiger partial charge in [0, 0.05) is 29.4 Å². The fourth-order valence-electron chi connectivity index (χ4n) is 5.10. The lowest BCUT2D eigenvalue weighted by molar-refractivity contribution is -0.142. The number of fused-ring (bicyclic) bond motifs is 4. The second kappa shape index (κ2) is 10.3. The number of carboxylic acids is 1. The molecule has 0 fully saturated rings. The first-order chi connectivity index (χ1) is 18.6. The minimum absolute atomic E-state index is 0.0639. The van der Waals surface area contributed by atoms with Crippen molar-refractivity contribution in [3.05, 3.63) is 95.7 Å². The predicted octanol–water partition coefficient (Wildman–Crippen LogP) is 6.35. The van der Waals surface area contributed by atoms with Crippen molar-refractivity contribution in [2.45, 2.75) is 44.8 Å². The number of aromatic nitrogens is 1. The quantitative estimate of drug-likeness (QED) is 0.303. The molecule has 3 aromatic carbocycles. The number of nitrogens with zero attached hydrogens (tertiary/aromatic N) is 1. The smallest absolute Gasteiger partial charge is 0.420 e. The van der Waals surface area contributed by atoms with Crippen molar-refractivity contribution in [3.8, 4) is 11.1 Å². The third-order valence-electron chi connectivity index (χ3n) is 6.81. The number of aromatic amines is 1. The van der Waals surface area contributed by atoms with Gasteiger partial charge < -0.3 is 19.6 Å². The molecule has 39 heavy (non-hydrogen) atoms. The van der Waals surface area contributed by atoms with Crippen molar-refractivity contribution in [2.24, 2.45) is 0 Å². The van der Waals surface area contributed by atoms with Gasteiger partial charge in [-0.25, -0.2) is 14.4 Å². The number of hydrogen-bond acceptors (Lipinski definition) is 5. The largest absolute Gasteiger partial charge is 0.480 e. The zero-order valence-electron chi connectivity index (χ0n) is 22.0. The summed E-state index contributed by atoms with van der Waals surface area (Å²) in [7, 11) is 0. The Kier molecular flexibility index (Phi) is 6.87. The van der Waals surface area contributed by atoms with E-state index in [-0.39, 0.29) is 18.9 Å². The molecule has 4 aromatic rings. The van der Waals surface area contributed by atoms with Crippen molar-refractivity contribution in [3.63, 3.8) is 0 Å². The molecule has 1 aliphatic carbocycles. The Bertz CT molecular complexity index is 1500. The number of ether oxygens (including phenoxy) is 2. The van der Waals surface area contributed by atoms with Crippen molar-refractivity contribution < 1.29 is 29.0 Å². The van der Waals surface area contributed by atoms with Gasteiger partial charge in [-0.2, -0.15) is 4.90 Å². The van der Waals surface area contributed by atoms with Gasteiger partial charge in [-0.15, -0.1) is 0 Å². The maximum absolute atomic E-state index is 13.5. The zero-order chi connectivity index (χ0) is 27.7. The summed E-state index contributed by atoms with van der Waals surface area (Å²) in [6.07, 6.45) is -0.584. The van der Waals surface area contributed by atoms with E-state index in [2.05, 4.69) is 4.98 Å². The van der Waals surface area contributed by atoms with Crippen molar-refractivity contribution in [2.75, 3.05) is 6.61 Å². The highest BCUT2D eigenvalue weighted by Gasteiger charge is 2.40. The molecule has 2 N–H and O–H groups in total. The van der Waals surface area contributed by atoms with Crippen molar-refractivity contribution >= 4 is 29.1 Å². The van der Waals surface area contributed by atoms with Gasteiger partial charge in [0.2, 0.25) is 0 Å². The second-order valence-electron chi connectivity index (χ2n) is 10.6. The molecule has 0 spiro atoms. The summed E-state index contributed by atoms with van der Waals surface area (Å²) in [6, 6.07) is 21.6. The van der Waals surface area contributed by atoms with Crippen LogP contribution in [-0.2, 0) is 20.7 Å². The molecule has 5 rings (SSSR count). The number of aliphatic carboxylic acids is 1. The highest BCUT2D eigenvalue weighted by molar-refractivity contribution is 5.94. The van der Waals surface area contributed by atoms with E-state index in [1.54, 1.807) is 27.0 Å². The Morgan fingerprint density at radius 2 is 1.49 bits per heavy atom. The minimum Gasteiger partial charge on any atom is -0.480 e. The summed E-state index contributed by atoms with van der Waals surface area (Å²) in [4.78, 5) is 43.0. The molecule has 1 atom stereocenters. The second-order valence-corrected chi connectivity index (χ2v) is 10.6. The Morgan fingerprint density at radius 1 is 0.897 bits per heavy atom. The van der Waals surface area contributed by atoms with E-state index < -0.39 is 29.8 Å². The van der Waals surface area contributed by atoms with Crippen molar-refractivity contribution in [1.82, 2.24) is 9.88 Å². The molecule has 0 bridgehead atoms. The maximum Gasteiger partial charge on any atom is 0.420 e. The van der Waals surface area contributed by atoms with Gasteiger partial charge in [0.05, 0.1) is 0 Å². The molecular formula is C31H30N2O6. The lowest BCUT2D eigenvalue weighted by Gasteiger charge is -2.29. The number of rotatable bonds is 6. The zero-order valence-corrected chi connectivity index (χ0v) is 22.0. The topological polar surface area (TPSA) is 109 Å². The number of nitrogens with one attached hydrogen (secondary N) is 1. The summed E-state index contributed by atoms with van der Waals surface area (Å²) < 4.78 is 11.1. The highest BCUT2D eigenvalue weighted by Crippen LogP contribution is 2.44. The standard InChI is InChI=1S/C31H30N2O6/c1-31(2,3)39-30(37)33(27(28(34)35)16-19-17-32-26-15-9-8-10-20(19)26)29(36)38-18-25-23-13-6-4-11-21(23)22-12-5-7-14-24(22)25/h4-15,17,25,27,32H,16,18H2,1-3H3,(H,34,35). The van der Waals surface area contributed by atoms with E-state index >= 15 is 0 Å². The molecular weight excluding hydrogens is 496 g/mol. The average molecular weight is 527 g/mol. The van der Waals surface area contributed by atoms with Crippen LogP contribution in [0.2, 0.25) is 0 Å². The fraction of sp³-hybridized carbons (Fsp3) is 0.258. The molecule has 0 saturated heterocycles. The number of para-hydroxylation sites is 1. The van der Waals surface area contributed by atoms with Crippen LogP contribution in [0.4, 0.5) is 9.59 Å². The van der Waals surface area contributed by atoms with Crippen LogP contribution in [0.15, 0.2) is 79.0 Å². The minimum atomic E-state index is -1.55. The SMILES string of the molecule is CC(C)(C)OC(=O)N(C(=O)OCC1c2ccccc2-c2ccccc21)C(Cc1c[nH]c2ccccc12)C(=O)O. The van der Waals surface area contributed by atoms with E-state index in [9.17, 15) is 19.5 Å². The summed E-state index contributed by atoms with van der Waals surface area (Å²) in [5, 5.41) is 11.0. The van der Waals surface area contributed by atoms with Gasteiger partial charge in [0.15, 0.2) is 0 Å². The first-order valence-corrected chi connectivity index (χ1v) is 12.8. The number of benzene rings is 3. The summed E-state index contributed by atoms with van der Waals surface area (Å²) in [5.41, 5.74) is 4.64. The van der Waals surface area contributed by atoms with Gasteiger partial charge in [-0.3, -0.25) is 0 Å². The Labute approximate surface area is 226 Å². The Morgan fingerprint density at radius 3 is 2.10 bits per heavy atom. The van der Waals surface area contributed by atoms with Gasteiger partial charge >= 0.3 is 18.2 Å². The lowest BCUT2D eigenvalue weighted by atomic mass is 9.98. The third kappa shape index (κ3) is 5.23. The molecule has 8 nitrogen and oxygen atoms in total. The van der Waals surface area contributed by atoms with Crippen LogP contribution in [0.3, 0.4) is 0 Å². The van der Waals surface area contributed by atoms with Gasteiger partial charge in [0.25, 0.3) is 0 Å². The molecule has 1 aliphatic rings. The predicted molar refractivity (Wildman–Crippen MR) is 147 cm³/mol. The number of amides is 2. The van der Waals surface area contributed by atoms with E-state index in [0.29, 0.717) is 10.5 Å². The van der Waals surface area contributed by atoms with Crippen LogP contribution >= 0.6 is 0 Å². The highest BCUT2D eigenvalue weighted by atomic mass is 16.6. The molecule has 2 amide bonds. The number of imide groups is 1. The van der Waals surface area contributed by atoms with E-state index in [4.69, 9.17) is 9.47 Å². The molecule has 0 aliphatic heterocycles. The Hall–Kier alpha value is -4.59. The summed E-state index contributed by atoms with van der Waals surface area (Å²) in [6.45, 7) is 4.88. The van der Waals surface area contributed by atoms with Gasteiger partial charge in [-0.05, 0) is 54.7 Å². The first kappa shape index (κ1) is 26.0. The molecule has 0 saturated carbocycles. The maximum atomic E-state index is 13.5. The van der Waals surface area contributed by atoms with Crippen molar-refractivity contribution in [1.29, 1.82) is 0 Å². The van der Waals surface area contributed by atoms with E-state index in [0.717, 1.165) is 33.2 Å². The van der Waals surface area contributed by atoms with Crippen LogP contribution in [0.25, 0.3) is 22.0 Å². The van der Waals surface area contributed by atoms with E-state index in [1.165, 1.54) is 0 Å². The van der Waals surface area contributed by atoms with Crippen LogP contribution < -0.4 is 0 Å². The number of hydrogen-bond donors (Lipinski definition) is 2. The summed E-state index contributed by atoms with van der Waals surface area (Å²) in [5.74, 6) is -1.60. The molecule has 0 radical (unpaired) electrons. The third-order valence-corrected chi connectivity index (χ3v) is 6.81. The lowest BCUT2D eigenvalue weighted by Crippen LogP contribution is -2.51. The van der Waals surface area contributed by atoms with Crippen LogP contribution in [0, 0.1) is 0 Å². The van der Waals surface area contributed by atoms with Gasteiger partial charge in [-0.1, -0.05) is 66.7 Å². The number of H-pyrrole nitrogens is 1. The van der Waals surface area contributed by atoms with E-state index in [1.807, 2.05) is 72.8 Å². The monoisotopic (exact) mass is 526 g/mol. The molecule has 1 unspecified atom stereocenters. The molecule has 200 valence electrons. The molecule has 8 heteroatoms. The van der Waals surface area contributed by atoms with Crippen LogP contribution in [-0.4, -0.2) is 51.4 Å². The normalized spacial score (nSPS) is 13.4. The molecule has 1 aromatic heterocycles. The summed E-state index contributed by atoms with van der Waals surface area (Å²) >= 11 is 0. The van der Waals surface area contributed by atoms with Crippen LogP contribution in [0.1, 0.15) is 43.4 Å². The van der Waals surface area contributed by atoms with Crippen LogP contribution in [0.5, 0.6) is 0 Å². The number of carbonyl (C=O) groups is 3. The number of carboxylic acid groups (broad SMARTS) is 1. The fourth-order valence-corrected chi connectivity index (χ4v) is 5.10. The van der Waals surface area contributed by atoms with Gasteiger partial charge in [0.1, 0.15) is 18.2 Å².